The third-order valence-electron chi connectivity index (χ3n) is 5.63. The molecule has 0 saturated carbocycles. The van der Waals surface area contributed by atoms with Crippen molar-refractivity contribution >= 4 is 5.82 Å². The number of benzene rings is 1. The van der Waals surface area contributed by atoms with Crippen LogP contribution in [0.2, 0.25) is 0 Å². The third kappa shape index (κ3) is 3.98. The summed E-state index contributed by atoms with van der Waals surface area (Å²) < 4.78 is 10.8. The zero-order valence-electron chi connectivity index (χ0n) is 15.8. The van der Waals surface area contributed by atoms with Gasteiger partial charge in [-0.1, -0.05) is 30.3 Å². The summed E-state index contributed by atoms with van der Waals surface area (Å²) in [6, 6.07) is 12.1. The lowest BCUT2D eigenvalue weighted by Gasteiger charge is -2.39. The highest BCUT2D eigenvalue weighted by atomic mass is 16.5. The summed E-state index contributed by atoms with van der Waals surface area (Å²) in [7, 11) is 1.66. The number of ether oxygens (including phenoxy) is 2. The molecule has 6 nitrogen and oxygen atoms in total. The van der Waals surface area contributed by atoms with Crippen LogP contribution in [0.25, 0.3) is 0 Å². The first-order chi connectivity index (χ1) is 13.2. The summed E-state index contributed by atoms with van der Waals surface area (Å²) in [4.78, 5) is 11.6. The fourth-order valence-electron chi connectivity index (χ4n) is 3.98. The molecule has 3 heterocycles. The summed E-state index contributed by atoms with van der Waals surface area (Å²) in [5.74, 6) is 1.96. The lowest BCUT2D eigenvalue weighted by atomic mass is 9.84. The first-order valence-corrected chi connectivity index (χ1v) is 9.65. The largest absolute Gasteiger partial charge is 0.385 e. The zero-order valence-corrected chi connectivity index (χ0v) is 15.8. The van der Waals surface area contributed by atoms with E-state index in [1.165, 1.54) is 0 Å². The minimum atomic E-state index is -0.762. The Balaban J connectivity index is 1.53. The number of aromatic nitrogens is 2. The number of hydrogen-bond donors (Lipinski definition) is 1. The minimum absolute atomic E-state index is 0.327. The Hall–Kier alpha value is -2.02. The van der Waals surface area contributed by atoms with Gasteiger partial charge in [0.1, 0.15) is 12.4 Å². The van der Waals surface area contributed by atoms with Gasteiger partial charge in [-0.05, 0) is 24.8 Å². The average molecular weight is 369 g/mol. The molecule has 0 spiro atoms. The summed E-state index contributed by atoms with van der Waals surface area (Å²) in [6.45, 7) is 3.43. The molecule has 2 aliphatic rings. The number of rotatable bonds is 5. The van der Waals surface area contributed by atoms with E-state index in [9.17, 15) is 5.11 Å². The van der Waals surface area contributed by atoms with Crippen molar-refractivity contribution < 1.29 is 14.6 Å². The SMILES string of the molecule is COCc1nc(C2CCOC2)cc(N2CCC(O)(c3ccccc3)CC2)n1. The maximum atomic E-state index is 11.1. The molecule has 2 aliphatic heterocycles. The zero-order chi connectivity index (χ0) is 18.7. The van der Waals surface area contributed by atoms with E-state index >= 15 is 0 Å². The van der Waals surface area contributed by atoms with Crippen LogP contribution in [0.15, 0.2) is 36.4 Å². The molecular weight excluding hydrogens is 342 g/mol. The van der Waals surface area contributed by atoms with E-state index in [2.05, 4.69) is 16.0 Å². The number of anilines is 1. The van der Waals surface area contributed by atoms with Crippen molar-refractivity contribution in [1.29, 1.82) is 0 Å². The van der Waals surface area contributed by atoms with Gasteiger partial charge < -0.3 is 19.5 Å². The van der Waals surface area contributed by atoms with E-state index in [1.54, 1.807) is 7.11 Å². The number of methoxy groups -OCH3 is 1. The van der Waals surface area contributed by atoms with Crippen LogP contribution in [-0.4, -0.2) is 48.5 Å². The molecule has 0 aliphatic carbocycles. The van der Waals surface area contributed by atoms with Crippen molar-refractivity contribution in [3.63, 3.8) is 0 Å². The summed E-state index contributed by atoms with van der Waals surface area (Å²) in [6.07, 6.45) is 2.36. The van der Waals surface area contributed by atoms with Gasteiger partial charge in [0.15, 0.2) is 5.82 Å². The van der Waals surface area contributed by atoms with Crippen molar-refractivity contribution in [2.24, 2.45) is 0 Å². The number of piperidine rings is 1. The average Bonchev–Trinajstić information content (AvgIpc) is 3.24. The molecule has 1 aromatic heterocycles. The van der Waals surface area contributed by atoms with Crippen molar-refractivity contribution in [3.8, 4) is 0 Å². The third-order valence-corrected chi connectivity index (χ3v) is 5.63. The van der Waals surface area contributed by atoms with Gasteiger partial charge in [-0.25, -0.2) is 9.97 Å². The molecule has 1 N–H and O–H groups in total. The quantitative estimate of drug-likeness (QED) is 0.874. The fourth-order valence-corrected chi connectivity index (χ4v) is 3.98. The highest BCUT2D eigenvalue weighted by molar-refractivity contribution is 5.42. The standard InChI is InChI=1S/C21H27N3O3/c1-26-15-19-22-18(16-7-12-27-14-16)13-20(23-19)24-10-8-21(25,9-11-24)17-5-3-2-4-6-17/h2-6,13,16,25H,7-12,14-15H2,1H3. The molecule has 2 saturated heterocycles. The van der Waals surface area contributed by atoms with Crippen molar-refractivity contribution in [3.05, 3.63) is 53.5 Å². The van der Waals surface area contributed by atoms with Crippen molar-refractivity contribution in [2.75, 3.05) is 38.3 Å². The van der Waals surface area contributed by atoms with Crippen LogP contribution in [-0.2, 0) is 21.7 Å². The Kier molecular flexibility index (Phi) is 5.38. The molecule has 1 aromatic carbocycles. The Morgan fingerprint density at radius 2 is 2.00 bits per heavy atom. The molecule has 27 heavy (non-hydrogen) atoms. The predicted octanol–water partition coefficient (Wildman–Crippen LogP) is 2.61. The van der Waals surface area contributed by atoms with E-state index in [4.69, 9.17) is 14.5 Å². The lowest BCUT2D eigenvalue weighted by molar-refractivity contribution is 0.0116. The lowest BCUT2D eigenvalue weighted by Crippen LogP contribution is -2.43. The number of aliphatic hydroxyl groups is 1. The van der Waals surface area contributed by atoms with Crippen LogP contribution in [0.4, 0.5) is 5.82 Å². The van der Waals surface area contributed by atoms with Crippen LogP contribution in [0, 0.1) is 0 Å². The van der Waals surface area contributed by atoms with Gasteiger partial charge in [-0.3, -0.25) is 0 Å². The van der Waals surface area contributed by atoms with Crippen LogP contribution in [0.3, 0.4) is 0 Å². The smallest absolute Gasteiger partial charge is 0.156 e. The number of nitrogens with zero attached hydrogens (tertiary/aromatic N) is 3. The normalized spacial score (nSPS) is 22.1. The molecule has 4 rings (SSSR count). The van der Waals surface area contributed by atoms with Gasteiger partial charge in [-0.15, -0.1) is 0 Å². The summed E-state index contributed by atoms with van der Waals surface area (Å²) >= 11 is 0. The van der Waals surface area contributed by atoms with Crippen LogP contribution in [0.5, 0.6) is 0 Å². The maximum Gasteiger partial charge on any atom is 0.156 e. The van der Waals surface area contributed by atoms with Crippen LogP contribution in [0.1, 0.15) is 42.3 Å². The highest BCUT2D eigenvalue weighted by Gasteiger charge is 2.34. The van der Waals surface area contributed by atoms with E-state index in [1.807, 2.05) is 30.3 Å². The predicted molar refractivity (Wildman–Crippen MR) is 103 cm³/mol. The van der Waals surface area contributed by atoms with Gasteiger partial charge >= 0.3 is 0 Å². The van der Waals surface area contributed by atoms with E-state index in [0.717, 1.165) is 49.8 Å². The van der Waals surface area contributed by atoms with Crippen molar-refractivity contribution in [2.45, 2.75) is 37.4 Å². The first kappa shape index (κ1) is 18.3. The van der Waals surface area contributed by atoms with Gasteiger partial charge in [0.05, 0.1) is 17.9 Å². The van der Waals surface area contributed by atoms with E-state index < -0.39 is 5.60 Å². The van der Waals surface area contributed by atoms with Gasteiger partial charge in [0.2, 0.25) is 0 Å². The van der Waals surface area contributed by atoms with Gasteiger partial charge in [0.25, 0.3) is 0 Å². The Bertz CT molecular complexity index is 755. The minimum Gasteiger partial charge on any atom is -0.385 e. The molecule has 1 atom stereocenters. The van der Waals surface area contributed by atoms with Crippen LogP contribution >= 0.6 is 0 Å². The Morgan fingerprint density at radius 1 is 1.22 bits per heavy atom. The Labute approximate surface area is 160 Å². The van der Waals surface area contributed by atoms with E-state index in [0.29, 0.717) is 31.2 Å². The number of hydrogen-bond acceptors (Lipinski definition) is 6. The second-order valence-electron chi connectivity index (χ2n) is 7.45. The molecule has 2 aromatic rings. The second-order valence-corrected chi connectivity index (χ2v) is 7.45. The van der Waals surface area contributed by atoms with E-state index in [-0.39, 0.29) is 0 Å². The molecular formula is C21H27N3O3. The first-order valence-electron chi connectivity index (χ1n) is 9.65. The molecule has 0 bridgehead atoms. The Morgan fingerprint density at radius 3 is 2.67 bits per heavy atom. The van der Waals surface area contributed by atoms with Gasteiger partial charge in [0, 0.05) is 38.8 Å². The van der Waals surface area contributed by atoms with Gasteiger partial charge in [-0.2, -0.15) is 0 Å². The molecule has 2 fully saturated rings. The fraction of sp³-hybridized carbons (Fsp3) is 0.524. The maximum absolute atomic E-state index is 11.1. The molecule has 144 valence electrons. The molecule has 1 unspecified atom stereocenters. The molecule has 6 heteroatoms. The summed E-state index contributed by atoms with van der Waals surface area (Å²) in [5, 5.41) is 11.1. The van der Waals surface area contributed by atoms with Crippen molar-refractivity contribution in [1.82, 2.24) is 9.97 Å². The molecule has 0 radical (unpaired) electrons. The van der Waals surface area contributed by atoms with Crippen LogP contribution < -0.4 is 4.90 Å². The topological polar surface area (TPSA) is 67.7 Å². The second kappa shape index (κ2) is 7.92. The molecule has 0 amide bonds. The highest BCUT2D eigenvalue weighted by Crippen LogP contribution is 2.35. The monoisotopic (exact) mass is 369 g/mol. The summed E-state index contributed by atoms with van der Waals surface area (Å²) in [5.41, 5.74) is 1.27.